The Bertz CT molecular complexity index is 1090. The van der Waals surface area contributed by atoms with Crippen molar-refractivity contribution < 1.29 is 9.32 Å². The van der Waals surface area contributed by atoms with Crippen molar-refractivity contribution in [3.05, 3.63) is 71.3 Å². The zero-order chi connectivity index (χ0) is 24.1. The molecule has 4 rings (SSSR count). The number of benzene rings is 2. The second kappa shape index (κ2) is 10.9. The Morgan fingerprint density at radius 3 is 2.59 bits per heavy atom. The largest absolute Gasteiger partial charge is 0.338 e. The monoisotopic (exact) mass is 460 g/mol. The second-order valence-corrected chi connectivity index (χ2v) is 9.62. The maximum absolute atomic E-state index is 13.7. The number of aryl methyl sites for hydroxylation is 1. The van der Waals surface area contributed by atoms with E-state index in [4.69, 9.17) is 4.52 Å². The molecule has 1 fully saturated rings. The molecule has 6 nitrogen and oxygen atoms in total. The van der Waals surface area contributed by atoms with Crippen molar-refractivity contribution in [2.45, 2.75) is 45.7 Å². The van der Waals surface area contributed by atoms with Crippen LogP contribution in [0.25, 0.3) is 11.3 Å². The molecule has 1 aromatic heterocycles. The van der Waals surface area contributed by atoms with Crippen LogP contribution >= 0.6 is 0 Å². The molecule has 180 valence electrons. The lowest BCUT2D eigenvalue weighted by Crippen LogP contribution is -2.39. The number of aromatic nitrogens is 1. The summed E-state index contributed by atoms with van der Waals surface area (Å²) < 4.78 is 6.02. The van der Waals surface area contributed by atoms with Crippen LogP contribution in [0, 0.1) is 6.92 Å². The Hall–Kier alpha value is -3.12. The summed E-state index contributed by atoms with van der Waals surface area (Å²) in [7, 11) is 4.07. The molecule has 0 spiro atoms. The third-order valence-electron chi connectivity index (χ3n) is 6.60. The van der Waals surface area contributed by atoms with E-state index in [9.17, 15) is 4.79 Å². The van der Waals surface area contributed by atoms with E-state index in [0.717, 1.165) is 54.2 Å². The normalized spacial score (nSPS) is 16.1. The number of carbonyl (C=O) groups excluding carboxylic acids is 1. The van der Waals surface area contributed by atoms with Crippen molar-refractivity contribution in [3.63, 3.8) is 0 Å². The molecule has 1 saturated heterocycles. The summed E-state index contributed by atoms with van der Waals surface area (Å²) in [5.41, 5.74) is 4.60. The molecule has 1 atom stereocenters. The van der Waals surface area contributed by atoms with Gasteiger partial charge < -0.3 is 19.2 Å². The summed E-state index contributed by atoms with van der Waals surface area (Å²) in [6.45, 7) is 7.06. The van der Waals surface area contributed by atoms with Crippen molar-refractivity contribution in [2.75, 3.05) is 38.6 Å². The topological polar surface area (TPSA) is 52.8 Å². The Morgan fingerprint density at radius 2 is 1.88 bits per heavy atom. The molecule has 0 radical (unpaired) electrons. The van der Waals surface area contributed by atoms with Crippen molar-refractivity contribution in [1.82, 2.24) is 15.0 Å². The second-order valence-electron chi connectivity index (χ2n) is 9.62. The molecular formula is C28H36N4O2. The summed E-state index contributed by atoms with van der Waals surface area (Å²) in [4.78, 5) is 20.1. The zero-order valence-electron chi connectivity index (χ0n) is 20.8. The molecule has 0 aliphatic carbocycles. The molecule has 3 aromatic rings. The highest BCUT2D eigenvalue weighted by Gasteiger charge is 2.30. The minimum atomic E-state index is 0.0309. The predicted molar refractivity (Wildman–Crippen MR) is 137 cm³/mol. The summed E-state index contributed by atoms with van der Waals surface area (Å²) in [6.07, 6.45) is 3.50. The third kappa shape index (κ3) is 5.50. The first-order valence-electron chi connectivity index (χ1n) is 12.3. The lowest BCUT2D eigenvalue weighted by atomic mass is 10.0. The van der Waals surface area contributed by atoms with E-state index in [-0.39, 0.29) is 5.91 Å². The molecule has 2 aromatic carbocycles. The van der Waals surface area contributed by atoms with Crippen molar-refractivity contribution in [2.24, 2.45) is 0 Å². The first-order valence-corrected chi connectivity index (χ1v) is 12.3. The summed E-state index contributed by atoms with van der Waals surface area (Å²) in [6, 6.07) is 18.3. The Kier molecular flexibility index (Phi) is 7.68. The fraction of sp³-hybridized carbons (Fsp3) is 0.429. The number of amides is 1. The SMILES string of the molecule is Cc1cccc(C(=O)N(CCN(C)C)Cc2c(-c3ccccc3)noc2N2CCCCC2C)c1. The van der Waals surface area contributed by atoms with E-state index in [1.807, 2.05) is 68.4 Å². The maximum Gasteiger partial charge on any atom is 0.254 e. The van der Waals surface area contributed by atoms with Crippen LogP contribution in [0.5, 0.6) is 0 Å². The summed E-state index contributed by atoms with van der Waals surface area (Å²) in [5, 5.41) is 4.53. The number of anilines is 1. The van der Waals surface area contributed by atoms with Crippen LogP contribution < -0.4 is 4.90 Å². The smallest absolute Gasteiger partial charge is 0.254 e. The molecule has 0 bridgehead atoms. The lowest BCUT2D eigenvalue weighted by molar-refractivity contribution is 0.0732. The first kappa shape index (κ1) is 24.0. The van der Waals surface area contributed by atoms with Gasteiger partial charge in [0.15, 0.2) is 0 Å². The lowest BCUT2D eigenvalue weighted by Gasteiger charge is -2.34. The van der Waals surface area contributed by atoms with E-state index in [0.29, 0.717) is 24.7 Å². The molecule has 1 unspecified atom stereocenters. The summed E-state index contributed by atoms with van der Waals surface area (Å²) in [5.74, 6) is 0.835. The van der Waals surface area contributed by atoms with E-state index < -0.39 is 0 Å². The molecule has 0 N–H and O–H groups in total. The third-order valence-corrected chi connectivity index (χ3v) is 6.60. The molecule has 1 aliphatic heterocycles. The number of rotatable bonds is 8. The molecule has 6 heteroatoms. The number of piperidine rings is 1. The standard InChI is InChI=1S/C28H36N4O2/c1-21-11-10-15-24(19-21)27(33)31(18-17-30(3)4)20-25-26(23-13-6-5-7-14-23)29-34-28(25)32-16-9-8-12-22(32)2/h5-7,10-11,13-15,19,22H,8-9,12,16-18,20H2,1-4H3. The molecule has 1 aliphatic rings. The fourth-order valence-electron chi connectivity index (χ4n) is 4.62. The zero-order valence-corrected chi connectivity index (χ0v) is 20.8. The van der Waals surface area contributed by atoms with E-state index in [1.54, 1.807) is 0 Å². The van der Waals surface area contributed by atoms with Gasteiger partial charge in [-0.3, -0.25) is 4.79 Å². The molecule has 0 saturated carbocycles. The number of likely N-dealkylation sites (N-methyl/N-ethyl adjacent to an activating group) is 1. The van der Waals surface area contributed by atoms with Crippen LogP contribution in [0.2, 0.25) is 0 Å². The number of nitrogens with zero attached hydrogens (tertiary/aromatic N) is 4. The van der Waals surface area contributed by atoms with Gasteiger partial charge in [0, 0.05) is 36.8 Å². The van der Waals surface area contributed by atoms with Gasteiger partial charge in [-0.2, -0.15) is 0 Å². The average Bonchev–Trinajstić information content (AvgIpc) is 3.25. The van der Waals surface area contributed by atoms with Gasteiger partial charge >= 0.3 is 0 Å². The molecular weight excluding hydrogens is 424 g/mol. The first-order chi connectivity index (χ1) is 16.4. The van der Waals surface area contributed by atoms with Crippen molar-refractivity contribution in [3.8, 4) is 11.3 Å². The van der Waals surface area contributed by atoms with Gasteiger partial charge in [-0.15, -0.1) is 0 Å². The minimum absolute atomic E-state index is 0.0309. The highest BCUT2D eigenvalue weighted by atomic mass is 16.5. The number of carbonyl (C=O) groups is 1. The van der Waals surface area contributed by atoms with Crippen LogP contribution in [0.4, 0.5) is 5.88 Å². The van der Waals surface area contributed by atoms with Gasteiger partial charge in [0.2, 0.25) is 5.88 Å². The van der Waals surface area contributed by atoms with Gasteiger partial charge in [0.1, 0.15) is 5.69 Å². The summed E-state index contributed by atoms with van der Waals surface area (Å²) >= 11 is 0. The maximum atomic E-state index is 13.7. The molecule has 34 heavy (non-hydrogen) atoms. The van der Waals surface area contributed by atoms with Crippen molar-refractivity contribution >= 4 is 11.8 Å². The average molecular weight is 461 g/mol. The van der Waals surface area contributed by atoms with Crippen LogP contribution in [-0.4, -0.2) is 60.6 Å². The van der Waals surface area contributed by atoms with Crippen LogP contribution in [0.3, 0.4) is 0 Å². The van der Waals surface area contributed by atoms with Gasteiger partial charge in [-0.25, -0.2) is 0 Å². The quantitative estimate of drug-likeness (QED) is 0.461. The van der Waals surface area contributed by atoms with E-state index >= 15 is 0 Å². The van der Waals surface area contributed by atoms with Gasteiger partial charge in [-0.05, 0) is 59.3 Å². The van der Waals surface area contributed by atoms with E-state index in [2.05, 4.69) is 34.0 Å². The molecule has 2 heterocycles. The fourth-order valence-corrected chi connectivity index (χ4v) is 4.62. The Balaban J connectivity index is 1.74. The Morgan fingerprint density at radius 1 is 1.09 bits per heavy atom. The van der Waals surface area contributed by atoms with E-state index in [1.165, 1.54) is 6.42 Å². The highest BCUT2D eigenvalue weighted by Crippen LogP contribution is 2.35. The van der Waals surface area contributed by atoms with Crippen LogP contribution in [0.1, 0.15) is 47.7 Å². The van der Waals surface area contributed by atoms with Crippen LogP contribution in [0.15, 0.2) is 59.1 Å². The van der Waals surface area contributed by atoms with Gasteiger partial charge in [0.05, 0.1) is 12.1 Å². The molecule has 1 amide bonds. The number of hydrogen-bond acceptors (Lipinski definition) is 5. The minimum Gasteiger partial charge on any atom is -0.338 e. The van der Waals surface area contributed by atoms with Crippen molar-refractivity contribution in [1.29, 1.82) is 0 Å². The van der Waals surface area contributed by atoms with Gasteiger partial charge in [0.25, 0.3) is 5.91 Å². The van der Waals surface area contributed by atoms with Gasteiger partial charge in [-0.1, -0.05) is 53.2 Å². The highest BCUT2D eigenvalue weighted by molar-refractivity contribution is 5.94. The number of hydrogen-bond donors (Lipinski definition) is 0. The predicted octanol–water partition coefficient (Wildman–Crippen LogP) is 5.23. The van der Waals surface area contributed by atoms with Crippen LogP contribution in [-0.2, 0) is 6.54 Å². The Labute approximate surface area is 203 Å².